The average Bonchev–Trinajstić information content (AvgIpc) is 2.49. The zero-order chi connectivity index (χ0) is 14.6. The van der Waals surface area contributed by atoms with Crippen LogP contribution in [0.15, 0.2) is 24.3 Å². The Morgan fingerprint density at radius 1 is 1.20 bits per heavy atom. The number of hydrogen-bond donors (Lipinski definition) is 1. The highest BCUT2D eigenvalue weighted by Crippen LogP contribution is 2.20. The SMILES string of the molecule is CCCNC(CCCOCC)Cc1ccccc1OC. The van der Waals surface area contributed by atoms with Gasteiger partial charge in [0.05, 0.1) is 7.11 Å². The molecule has 0 fully saturated rings. The van der Waals surface area contributed by atoms with Crippen molar-refractivity contribution < 1.29 is 9.47 Å². The van der Waals surface area contributed by atoms with Crippen LogP contribution in [0.5, 0.6) is 5.75 Å². The highest BCUT2D eigenvalue weighted by molar-refractivity contribution is 5.33. The highest BCUT2D eigenvalue weighted by atomic mass is 16.5. The normalized spacial score (nSPS) is 12.3. The van der Waals surface area contributed by atoms with Gasteiger partial charge in [-0.25, -0.2) is 0 Å². The Bertz CT molecular complexity index is 355. The Labute approximate surface area is 123 Å². The first-order valence-electron chi connectivity index (χ1n) is 7.74. The number of nitrogens with one attached hydrogen (secondary N) is 1. The molecule has 0 saturated carbocycles. The molecule has 0 aromatic heterocycles. The first-order valence-corrected chi connectivity index (χ1v) is 7.74. The number of benzene rings is 1. The third kappa shape index (κ3) is 6.40. The van der Waals surface area contributed by atoms with Gasteiger partial charge in [-0.15, -0.1) is 0 Å². The Kier molecular flexibility index (Phi) is 9.09. The number of ether oxygens (including phenoxy) is 2. The van der Waals surface area contributed by atoms with Crippen molar-refractivity contribution in [2.24, 2.45) is 0 Å². The van der Waals surface area contributed by atoms with Crippen LogP contribution in [-0.2, 0) is 11.2 Å². The molecule has 1 unspecified atom stereocenters. The molecule has 1 aromatic carbocycles. The van der Waals surface area contributed by atoms with Crippen LogP contribution >= 0.6 is 0 Å². The summed E-state index contributed by atoms with van der Waals surface area (Å²) in [6.07, 6.45) is 4.41. The Morgan fingerprint density at radius 2 is 2.00 bits per heavy atom. The Balaban J connectivity index is 2.53. The van der Waals surface area contributed by atoms with Gasteiger partial charge in [0.25, 0.3) is 0 Å². The fourth-order valence-electron chi connectivity index (χ4n) is 2.34. The smallest absolute Gasteiger partial charge is 0.122 e. The van der Waals surface area contributed by atoms with Crippen LogP contribution in [0.4, 0.5) is 0 Å². The lowest BCUT2D eigenvalue weighted by atomic mass is 10.0. The van der Waals surface area contributed by atoms with Crippen LogP contribution in [0.2, 0.25) is 0 Å². The molecule has 0 spiro atoms. The molecule has 3 nitrogen and oxygen atoms in total. The molecule has 114 valence electrons. The van der Waals surface area contributed by atoms with Gasteiger partial charge in [0.2, 0.25) is 0 Å². The van der Waals surface area contributed by atoms with Crippen LogP contribution < -0.4 is 10.1 Å². The van der Waals surface area contributed by atoms with E-state index in [0.29, 0.717) is 6.04 Å². The minimum absolute atomic E-state index is 0.492. The molecule has 0 aliphatic carbocycles. The van der Waals surface area contributed by atoms with Crippen molar-refractivity contribution in [3.05, 3.63) is 29.8 Å². The van der Waals surface area contributed by atoms with Gasteiger partial charge in [-0.1, -0.05) is 25.1 Å². The van der Waals surface area contributed by atoms with Gasteiger partial charge in [-0.3, -0.25) is 0 Å². The molecule has 0 bridgehead atoms. The topological polar surface area (TPSA) is 30.5 Å². The molecule has 0 amide bonds. The van der Waals surface area contributed by atoms with Crippen molar-refractivity contribution in [3.63, 3.8) is 0 Å². The summed E-state index contributed by atoms with van der Waals surface area (Å²) in [6.45, 7) is 6.97. The second kappa shape index (κ2) is 10.7. The lowest BCUT2D eigenvalue weighted by Gasteiger charge is -2.20. The van der Waals surface area contributed by atoms with Crippen LogP contribution in [0.3, 0.4) is 0 Å². The molecule has 1 N–H and O–H groups in total. The molecule has 0 saturated heterocycles. The van der Waals surface area contributed by atoms with Crippen molar-refractivity contribution in [2.75, 3.05) is 26.9 Å². The summed E-state index contributed by atoms with van der Waals surface area (Å²) in [5, 5.41) is 3.64. The summed E-state index contributed by atoms with van der Waals surface area (Å²) < 4.78 is 10.9. The van der Waals surface area contributed by atoms with Crippen molar-refractivity contribution in [1.29, 1.82) is 0 Å². The summed E-state index contributed by atoms with van der Waals surface area (Å²) in [7, 11) is 1.74. The molecular weight excluding hydrogens is 250 g/mol. The maximum Gasteiger partial charge on any atom is 0.122 e. The van der Waals surface area contributed by atoms with E-state index in [1.165, 1.54) is 5.56 Å². The number of para-hydroxylation sites is 1. The van der Waals surface area contributed by atoms with E-state index in [-0.39, 0.29) is 0 Å². The zero-order valence-corrected chi connectivity index (χ0v) is 13.2. The summed E-state index contributed by atoms with van der Waals surface area (Å²) in [5.41, 5.74) is 1.28. The molecule has 20 heavy (non-hydrogen) atoms. The van der Waals surface area contributed by atoms with Crippen LogP contribution in [0.25, 0.3) is 0 Å². The minimum Gasteiger partial charge on any atom is -0.496 e. The second-order valence-electron chi connectivity index (χ2n) is 5.01. The van der Waals surface area contributed by atoms with Crippen molar-refractivity contribution in [3.8, 4) is 5.75 Å². The molecule has 1 rings (SSSR count). The van der Waals surface area contributed by atoms with E-state index in [0.717, 1.165) is 51.2 Å². The van der Waals surface area contributed by atoms with Gasteiger partial charge in [-0.05, 0) is 50.8 Å². The quantitative estimate of drug-likeness (QED) is 0.630. The number of methoxy groups -OCH3 is 1. The molecule has 0 aliphatic rings. The van der Waals surface area contributed by atoms with Gasteiger partial charge in [-0.2, -0.15) is 0 Å². The summed E-state index contributed by atoms with van der Waals surface area (Å²) in [4.78, 5) is 0. The number of rotatable bonds is 11. The lowest BCUT2D eigenvalue weighted by molar-refractivity contribution is 0.140. The standard InChI is InChI=1S/C17H29NO2/c1-4-12-18-16(10-8-13-20-5-2)14-15-9-6-7-11-17(15)19-3/h6-7,9,11,16,18H,4-5,8,10,12-14H2,1-3H3. The van der Waals surface area contributed by atoms with E-state index in [4.69, 9.17) is 9.47 Å². The van der Waals surface area contributed by atoms with Gasteiger partial charge >= 0.3 is 0 Å². The predicted molar refractivity (Wildman–Crippen MR) is 84.5 cm³/mol. The maximum absolute atomic E-state index is 5.44. The zero-order valence-electron chi connectivity index (χ0n) is 13.2. The van der Waals surface area contributed by atoms with E-state index < -0.39 is 0 Å². The summed E-state index contributed by atoms with van der Waals surface area (Å²) in [5.74, 6) is 0.987. The molecule has 1 atom stereocenters. The van der Waals surface area contributed by atoms with E-state index >= 15 is 0 Å². The Hall–Kier alpha value is -1.06. The van der Waals surface area contributed by atoms with E-state index in [1.807, 2.05) is 19.1 Å². The third-order valence-corrected chi connectivity index (χ3v) is 3.39. The molecule has 1 aromatic rings. The van der Waals surface area contributed by atoms with Crippen LogP contribution in [-0.4, -0.2) is 32.9 Å². The third-order valence-electron chi connectivity index (χ3n) is 3.39. The second-order valence-corrected chi connectivity index (χ2v) is 5.01. The predicted octanol–water partition coefficient (Wildman–Crippen LogP) is 3.42. The van der Waals surface area contributed by atoms with Crippen LogP contribution in [0, 0.1) is 0 Å². The molecule has 3 heteroatoms. The lowest BCUT2D eigenvalue weighted by Crippen LogP contribution is -2.32. The number of hydrogen-bond acceptors (Lipinski definition) is 3. The van der Waals surface area contributed by atoms with E-state index in [9.17, 15) is 0 Å². The minimum atomic E-state index is 0.492. The molecular formula is C17H29NO2. The maximum atomic E-state index is 5.44. The summed E-state index contributed by atoms with van der Waals surface area (Å²) in [6, 6.07) is 8.78. The first kappa shape index (κ1) is 17.0. The fourth-order valence-corrected chi connectivity index (χ4v) is 2.34. The van der Waals surface area contributed by atoms with E-state index in [2.05, 4.69) is 24.4 Å². The van der Waals surface area contributed by atoms with Crippen molar-refractivity contribution >= 4 is 0 Å². The molecule has 0 heterocycles. The van der Waals surface area contributed by atoms with Crippen molar-refractivity contribution in [2.45, 2.75) is 45.6 Å². The van der Waals surface area contributed by atoms with E-state index in [1.54, 1.807) is 7.11 Å². The van der Waals surface area contributed by atoms with Gasteiger partial charge in [0.1, 0.15) is 5.75 Å². The van der Waals surface area contributed by atoms with Gasteiger partial charge < -0.3 is 14.8 Å². The summed E-state index contributed by atoms with van der Waals surface area (Å²) >= 11 is 0. The average molecular weight is 279 g/mol. The van der Waals surface area contributed by atoms with Gasteiger partial charge in [0.15, 0.2) is 0 Å². The monoisotopic (exact) mass is 279 g/mol. The van der Waals surface area contributed by atoms with Crippen molar-refractivity contribution in [1.82, 2.24) is 5.32 Å². The van der Waals surface area contributed by atoms with Crippen LogP contribution in [0.1, 0.15) is 38.7 Å². The largest absolute Gasteiger partial charge is 0.496 e. The Morgan fingerprint density at radius 3 is 2.70 bits per heavy atom. The first-order chi connectivity index (χ1) is 9.81. The molecule has 0 radical (unpaired) electrons. The van der Waals surface area contributed by atoms with Gasteiger partial charge in [0, 0.05) is 19.3 Å². The highest BCUT2D eigenvalue weighted by Gasteiger charge is 2.11. The fraction of sp³-hybridized carbons (Fsp3) is 0.647. The molecule has 0 aliphatic heterocycles.